The lowest BCUT2D eigenvalue weighted by atomic mass is 9.98. The zero-order valence-corrected chi connectivity index (χ0v) is 18.6. The number of carbonyl (C=O) groups excluding carboxylic acids is 1. The molecule has 0 spiro atoms. The second-order valence-corrected chi connectivity index (χ2v) is 8.52. The Morgan fingerprint density at radius 1 is 0.657 bits per heavy atom. The lowest BCUT2D eigenvalue weighted by molar-refractivity contribution is 0.103. The maximum absolute atomic E-state index is 13.6. The fraction of sp³-hybridized carbons (Fsp3) is 0. The molecule has 0 atom stereocenters. The van der Waals surface area contributed by atoms with Gasteiger partial charge in [0.25, 0.3) is 0 Å². The Balaban J connectivity index is 1.45. The summed E-state index contributed by atoms with van der Waals surface area (Å²) in [5, 5.41) is 1.88. The van der Waals surface area contributed by atoms with Crippen molar-refractivity contribution in [3.63, 3.8) is 0 Å². The molecule has 0 saturated carbocycles. The Kier molecular flexibility index (Phi) is 4.23. The molecule has 0 N–H and O–H groups in total. The minimum absolute atomic E-state index is 0.0376. The van der Waals surface area contributed by atoms with E-state index in [0.29, 0.717) is 11.1 Å². The van der Waals surface area contributed by atoms with Crippen LogP contribution in [0.5, 0.6) is 0 Å². The number of nitrogens with zero attached hydrogens (tertiary/aromatic N) is 4. The van der Waals surface area contributed by atoms with Gasteiger partial charge < -0.3 is 0 Å². The van der Waals surface area contributed by atoms with Crippen LogP contribution in [0.1, 0.15) is 15.9 Å². The number of rotatable bonds is 3. The van der Waals surface area contributed by atoms with Crippen molar-refractivity contribution in [3.05, 3.63) is 121 Å². The standard InChI is InChI=1S/C30H18N4O/c35-29(20-8-5-7-19(17-20)24-10-3-4-15-31-24)21-13-14-26-23(18-21)28-22(9-6-16-32-28)30-33-25-11-1-2-12-27(25)34(26)30/h1-18H. The highest BCUT2D eigenvalue weighted by atomic mass is 16.1. The second-order valence-electron chi connectivity index (χ2n) is 8.52. The van der Waals surface area contributed by atoms with Crippen molar-refractivity contribution in [2.75, 3.05) is 0 Å². The summed E-state index contributed by atoms with van der Waals surface area (Å²) in [4.78, 5) is 27.6. The van der Waals surface area contributed by atoms with Crippen molar-refractivity contribution in [3.8, 4) is 11.3 Å². The molecule has 0 aliphatic rings. The van der Waals surface area contributed by atoms with E-state index in [-0.39, 0.29) is 5.78 Å². The molecule has 3 aromatic carbocycles. The summed E-state index contributed by atoms with van der Waals surface area (Å²) in [5.74, 6) is -0.0376. The minimum Gasteiger partial charge on any atom is -0.292 e. The molecule has 0 radical (unpaired) electrons. The summed E-state index contributed by atoms with van der Waals surface area (Å²) in [6.07, 6.45) is 3.54. The Morgan fingerprint density at radius 3 is 2.43 bits per heavy atom. The lowest BCUT2D eigenvalue weighted by Gasteiger charge is -2.10. The van der Waals surface area contributed by atoms with Crippen molar-refractivity contribution >= 4 is 44.3 Å². The third-order valence-corrected chi connectivity index (χ3v) is 6.45. The average Bonchev–Trinajstić information content (AvgIpc) is 3.33. The third kappa shape index (κ3) is 3.02. The quantitative estimate of drug-likeness (QED) is 0.228. The maximum atomic E-state index is 13.6. The van der Waals surface area contributed by atoms with Crippen LogP contribution in [0.2, 0.25) is 0 Å². The zero-order chi connectivity index (χ0) is 23.4. The highest BCUT2D eigenvalue weighted by Crippen LogP contribution is 2.32. The van der Waals surface area contributed by atoms with Gasteiger partial charge in [0.15, 0.2) is 5.78 Å². The summed E-state index contributed by atoms with van der Waals surface area (Å²) >= 11 is 0. The maximum Gasteiger partial charge on any atom is 0.193 e. The summed E-state index contributed by atoms with van der Waals surface area (Å²) in [5.41, 5.74) is 7.62. The van der Waals surface area contributed by atoms with Gasteiger partial charge in [-0.2, -0.15) is 0 Å². The van der Waals surface area contributed by atoms with E-state index in [1.165, 1.54) is 0 Å². The number of benzene rings is 3. The second kappa shape index (κ2) is 7.57. The molecule has 0 fully saturated rings. The molecule has 35 heavy (non-hydrogen) atoms. The molecule has 5 heteroatoms. The van der Waals surface area contributed by atoms with Crippen LogP contribution in [0.4, 0.5) is 0 Å². The molecular weight excluding hydrogens is 432 g/mol. The monoisotopic (exact) mass is 450 g/mol. The Morgan fingerprint density at radius 2 is 1.51 bits per heavy atom. The first-order chi connectivity index (χ1) is 17.3. The van der Waals surface area contributed by atoms with Crippen LogP contribution < -0.4 is 0 Å². The van der Waals surface area contributed by atoms with Gasteiger partial charge in [0.05, 0.1) is 27.8 Å². The molecule has 4 heterocycles. The van der Waals surface area contributed by atoms with Gasteiger partial charge in [-0.25, -0.2) is 4.98 Å². The summed E-state index contributed by atoms with van der Waals surface area (Å²) in [7, 11) is 0. The molecule has 0 aliphatic carbocycles. The number of imidazole rings is 1. The molecule has 164 valence electrons. The topological polar surface area (TPSA) is 60.2 Å². The van der Waals surface area contributed by atoms with Gasteiger partial charge in [-0.15, -0.1) is 0 Å². The van der Waals surface area contributed by atoms with E-state index in [9.17, 15) is 4.79 Å². The fourth-order valence-electron chi connectivity index (χ4n) is 4.83. The number of pyridine rings is 3. The van der Waals surface area contributed by atoms with Crippen LogP contribution in [-0.2, 0) is 0 Å². The molecule has 0 bridgehead atoms. The van der Waals surface area contributed by atoms with Gasteiger partial charge in [-0.1, -0.05) is 36.4 Å². The molecule has 0 unspecified atom stereocenters. The predicted octanol–water partition coefficient (Wildman–Crippen LogP) is 6.48. The van der Waals surface area contributed by atoms with Crippen LogP contribution in [0.3, 0.4) is 0 Å². The third-order valence-electron chi connectivity index (χ3n) is 6.45. The van der Waals surface area contributed by atoms with E-state index in [2.05, 4.69) is 20.4 Å². The predicted molar refractivity (Wildman–Crippen MR) is 139 cm³/mol. The van der Waals surface area contributed by atoms with E-state index in [1.807, 2.05) is 91.0 Å². The largest absolute Gasteiger partial charge is 0.292 e. The van der Waals surface area contributed by atoms with E-state index in [1.54, 1.807) is 12.4 Å². The zero-order valence-electron chi connectivity index (χ0n) is 18.6. The number of aromatic nitrogens is 4. The molecule has 0 saturated heterocycles. The van der Waals surface area contributed by atoms with Crippen LogP contribution in [0.25, 0.3) is 49.7 Å². The first kappa shape index (κ1) is 19.6. The fourth-order valence-corrected chi connectivity index (χ4v) is 4.83. The highest BCUT2D eigenvalue weighted by molar-refractivity contribution is 6.16. The summed E-state index contributed by atoms with van der Waals surface area (Å²) < 4.78 is 2.16. The van der Waals surface area contributed by atoms with Crippen LogP contribution in [-0.4, -0.2) is 25.1 Å². The number of fused-ring (bicyclic) bond motifs is 8. The van der Waals surface area contributed by atoms with Gasteiger partial charge in [0.2, 0.25) is 0 Å². The normalized spacial score (nSPS) is 11.5. The van der Waals surface area contributed by atoms with Crippen molar-refractivity contribution in [2.24, 2.45) is 0 Å². The number of hydrogen-bond donors (Lipinski definition) is 0. The summed E-state index contributed by atoms with van der Waals surface area (Å²) in [6, 6.07) is 31.3. The van der Waals surface area contributed by atoms with E-state index >= 15 is 0 Å². The average molecular weight is 451 g/mol. The Hall–Kier alpha value is -4.90. The Bertz CT molecular complexity index is 1920. The van der Waals surface area contributed by atoms with E-state index < -0.39 is 0 Å². The number of para-hydroxylation sites is 2. The van der Waals surface area contributed by atoms with E-state index in [4.69, 9.17) is 4.98 Å². The number of hydrogen-bond acceptors (Lipinski definition) is 4. The van der Waals surface area contributed by atoms with Crippen molar-refractivity contribution in [1.29, 1.82) is 0 Å². The van der Waals surface area contributed by atoms with Gasteiger partial charge in [-0.05, 0) is 60.7 Å². The van der Waals surface area contributed by atoms with E-state index in [0.717, 1.165) is 49.7 Å². The van der Waals surface area contributed by atoms with Crippen LogP contribution in [0, 0.1) is 0 Å². The SMILES string of the molecule is O=C(c1cccc(-c2ccccn2)c1)c1ccc2c(c1)c1ncccc1c1nc3ccccc3n21. The van der Waals surface area contributed by atoms with Crippen molar-refractivity contribution in [2.45, 2.75) is 0 Å². The molecule has 0 aliphatic heterocycles. The minimum atomic E-state index is -0.0376. The van der Waals surface area contributed by atoms with Crippen molar-refractivity contribution in [1.82, 2.24) is 19.4 Å². The molecule has 5 nitrogen and oxygen atoms in total. The number of ketones is 1. The Labute approximate surface area is 200 Å². The first-order valence-electron chi connectivity index (χ1n) is 11.4. The lowest BCUT2D eigenvalue weighted by Crippen LogP contribution is -2.03. The molecule has 4 aromatic heterocycles. The summed E-state index contributed by atoms with van der Waals surface area (Å²) in [6.45, 7) is 0. The number of carbonyl (C=O) groups is 1. The highest BCUT2D eigenvalue weighted by Gasteiger charge is 2.17. The molecule has 7 aromatic rings. The smallest absolute Gasteiger partial charge is 0.193 e. The van der Waals surface area contributed by atoms with Gasteiger partial charge >= 0.3 is 0 Å². The van der Waals surface area contributed by atoms with Gasteiger partial charge in [0.1, 0.15) is 5.65 Å². The van der Waals surface area contributed by atoms with Crippen molar-refractivity contribution < 1.29 is 4.79 Å². The molecular formula is C30H18N4O. The van der Waals surface area contributed by atoms with Crippen LogP contribution >= 0.6 is 0 Å². The van der Waals surface area contributed by atoms with Gasteiger partial charge in [-0.3, -0.25) is 19.2 Å². The van der Waals surface area contributed by atoms with Gasteiger partial charge in [0, 0.05) is 39.9 Å². The first-order valence-corrected chi connectivity index (χ1v) is 11.4. The molecule has 0 amide bonds. The van der Waals surface area contributed by atoms with Crippen LogP contribution in [0.15, 0.2) is 109 Å². The molecule has 7 rings (SSSR count).